The van der Waals surface area contributed by atoms with Gasteiger partial charge in [0.1, 0.15) is 6.42 Å². The molecule has 15 nitrogen and oxygen atoms in total. The van der Waals surface area contributed by atoms with E-state index in [1.165, 1.54) is 34.5 Å². The Morgan fingerprint density at radius 2 is 1.15 bits per heavy atom. The van der Waals surface area contributed by atoms with Crippen molar-refractivity contribution >= 4 is 80.5 Å². The van der Waals surface area contributed by atoms with Crippen molar-refractivity contribution < 1.29 is 149 Å². The third-order valence-electron chi connectivity index (χ3n) is 3.37. The van der Waals surface area contributed by atoms with Gasteiger partial charge in [0, 0.05) is 33.0 Å². The molecule has 27 heteroatoms. The molecule has 0 bridgehead atoms. The minimum absolute atomic E-state index is 0. The van der Waals surface area contributed by atoms with Crippen LogP contribution in [0, 0.1) is 47.5 Å². The molecule has 1 aliphatic heterocycles. The summed E-state index contributed by atoms with van der Waals surface area (Å²) >= 11 is 4.22. The van der Waals surface area contributed by atoms with E-state index in [1.807, 2.05) is 22.6 Å². The van der Waals surface area contributed by atoms with Crippen LogP contribution in [-0.2, 0) is 48.6 Å². The zero-order valence-corrected chi connectivity index (χ0v) is 80.2. The van der Waals surface area contributed by atoms with Gasteiger partial charge in [0.05, 0.1) is 28.4 Å². The first-order valence-corrected chi connectivity index (χ1v) is 15.4. The summed E-state index contributed by atoms with van der Waals surface area (Å²) in [6.45, 7) is 21.5. The number of hydrogen-bond acceptors (Lipinski definition) is 14. The number of carbonyl (C=O) groups excluding carboxylic acids is 3. The van der Waals surface area contributed by atoms with Gasteiger partial charge in [0.15, 0.2) is 17.4 Å². The van der Waals surface area contributed by atoms with Crippen LogP contribution in [0.2, 0.25) is 0 Å². The number of methoxy groups -OCH3 is 3. The van der Waals surface area contributed by atoms with E-state index in [-0.39, 0.29) is 147 Å². The van der Waals surface area contributed by atoms with Gasteiger partial charge in [-0.25, -0.2) is 4.79 Å². The largest absolute Gasteiger partial charge is 1.00 e. The molecule has 3 atom stereocenters. The number of allylic oxidation sites excluding steroid dienone is 1. The molecule has 55 heavy (non-hydrogen) atoms. The Hall–Kier alpha value is -4.05. The summed E-state index contributed by atoms with van der Waals surface area (Å²) in [5, 5.41) is 40.6. The zero-order valence-electron chi connectivity index (χ0n) is 35.4. The Labute approximate surface area is 386 Å². The molecule has 1 aliphatic rings. The maximum absolute atomic E-state index is 10.8. The monoisotopic (exact) mass is 2680 g/mol. The number of ether oxygens (including phenoxy) is 4. The van der Waals surface area contributed by atoms with E-state index in [0.717, 1.165) is 11.0 Å². The first kappa shape index (κ1) is 110. The second-order valence-corrected chi connectivity index (χ2v) is 10.0. The first-order valence-electron chi connectivity index (χ1n) is 12.6. The van der Waals surface area contributed by atoms with E-state index in [1.54, 1.807) is 0 Å². The second-order valence-electron chi connectivity index (χ2n) is 7.21. The number of esters is 3. The molecular weight excluding hydrogens is 2620 g/mol. The molecule has 0 aromatic rings. The fraction of sp³-hybridized carbons (Fsp3) is 0.607. The van der Waals surface area contributed by atoms with Crippen molar-refractivity contribution in [2.45, 2.75) is 35.4 Å². The van der Waals surface area contributed by atoms with Gasteiger partial charge in [-0.2, -0.15) is 17.7 Å². The van der Waals surface area contributed by atoms with Crippen LogP contribution in [0.5, 0.6) is 0 Å². The van der Waals surface area contributed by atoms with Gasteiger partial charge in [-0.1, -0.05) is 10.0 Å². The van der Waals surface area contributed by atoms with Gasteiger partial charge in [-0.15, -0.1) is 49.6 Å². The Morgan fingerprint density at radius 3 is 1.25 bits per heavy atom. The molecule has 1 saturated heterocycles. The smallest absolute Gasteiger partial charge is 1.00 e. The number of halogens is 3. The summed E-state index contributed by atoms with van der Waals surface area (Å²) in [7, 11) is 4.99. The van der Waals surface area contributed by atoms with Crippen LogP contribution in [0.4, 0.5) is 0 Å². The number of aliphatic hydroxyl groups excluding tert-OH is 5. The molecule has 0 aliphatic carbocycles. The Balaban J connectivity index is -0.0000000172. The van der Waals surface area contributed by atoms with E-state index >= 15 is 0 Å². The van der Waals surface area contributed by atoms with Crippen molar-refractivity contribution in [2.75, 3.05) is 65.9 Å². The van der Waals surface area contributed by atoms with Crippen LogP contribution in [0.1, 0.15) is 22.1 Å². The summed E-state index contributed by atoms with van der Waals surface area (Å²) in [6.07, 6.45) is 1.72. The predicted octanol–water partition coefficient (Wildman–Crippen LogP) is -9.22. The summed E-state index contributed by atoms with van der Waals surface area (Å²) in [6, 6.07) is 0. The molecular formula is C28H60AlI3LiNaO15Rf6-6. The maximum Gasteiger partial charge on any atom is 1.00 e. The van der Waals surface area contributed by atoms with Crippen LogP contribution >= 0.6 is 45.2 Å². The number of rotatable bonds is 11. The number of hydrogen-bond donors (Lipinski definition) is 5. The topological polar surface area (TPSA) is 244 Å². The summed E-state index contributed by atoms with van der Waals surface area (Å²) < 4.78 is 18.5. The third-order valence-corrected chi connectivity index (χ3v) is 3.76. The van der Waals surface area contributed by atoms with Crippen molar-refractivity contribution in [3.63, 3.8) is 0 Å². The third kappa shape index (κ3) is 137. The van der Waals surface area contributed by atoms with E-state index in [2.05, 4.69) is 92.9 Å². The molecule has 1 rings (SSSR count). The van der Waals surface area contributed by atoms with Gasteiger partial charge >= 0.3 is 66.3 Å². The van der Waals surface area contributed by atoms with E-state index in [4.69, 9.17) is 25.5 Å². The Kier molecular flexibility index (Phi) is 186. The van der Waals surface area contributed by atoms with Crippen LogP contribution < -0.4 is 72.4 Å². The molecule has 0 aromatic heterocycles. The average Bonchev–Trinajstić information content (AvgIpc) is 3.81. The zero-order chi connectivity index (χ0) is 35.9. The number of carbonyl (C=O) groups is 3. The quantitative estimate of drug-likeness (QED) is 0.0103. The molecule has 0 aromatic carbocycles. The number of epoxide rings is 1. The summed E-state index contributed by atoms with van der Waals surface area (Å²) in [5.41, 5.74) is 0. The van der Waals surface area contributed by atoms with E-state index in [9.17, 15) is 14.4 Å². The molecule has 0 radical (unpaired) electrons. The molecule has 1 fully saturated rings. The van der Waals surface area contributed by atoms with Gasteiger partial charge in [0.2, 0.25) is 5.76 Å². The molecule has 0 amide bonds. The summed E-state index contributed by atoms with van der Waals surface area (Å²) in [5.74, 6) is -1.73. The van der Waals surface area contributed by atoms with Crippen LogP contribution in [0.25, 0.3) is 0 Å². The Bertz CT molecular complexity index is 667. The molecule has 8 N–H and O–H groups in total. The van der Waals surface area contributed by atoms with Crippen molar-refractivity contribution in [3.8, 4) is 0 Å². The van der Waals surface area contributed by atoms with E-state index in [0.29, 0.717) is 18.9 Å². The molecule has 3 unspecified atom stereocenters. The minimum atomic E-state index is -0.810. The number of aliphatic hydroxyl groups is 5. The van der Waals surface area contributed by atoms with Crippen LogP contribution in [0.3, 0.4) is 0 Å². The van der Waals surface area contributed by atoms with Crippen molar-refractivity contribution in [2.24, 2.45) is 5.92 Å². The molecule has 0 saturated carbocycles. The van der Waals surface area contributed by atoms with Crippen molar-refractivity contribution in [1.29, 1.82) is 0 Å². The van der Waals surface area contributed by atoms with Crippen LogP contribution in [-0.4, -0.2) is 143 Å². The van der Waals surface area contributed by atoms with Gasteiger partial charge in [-0.3, -0.25) is 9.59 Å². The fourth-order valence-electron chi connectivity index (χ4n) is 1.04. The van der Waals surface area contributed by atoms with Crippen LogP contribution in [0.15, 0.2) is 11.8 Å². The first-order chi connectivity index (χ1) is 20.7. The number of alkyl halides is 2. The fourth-order valence-corrected chi connectivity index (χ4v) is 1.04. The normalized spacial score (nSPS) is 10.8. The second kappa shape index (κ2) is 92.6. The minimum Gasteiger partial charge on any atom is -1.00 e. The SMILES string of the molecule is COC(=O)CC(=O)OC.[AlH3].[CH2-]C(I)CO.[CH2-]C(O)CO.[CH2-]C/C=C(\OOC)C(=O)OC.[CH2-]C1CO1.[CH2-]CC(CO)CO.[CH2-]CI.[H-].[H-].[I-].[Li+].[Na+].[OH3+].[Rf].[Rf].[Rf].[Rf].[Rf].[Rf]. The molecule has 306 valence electrons. The van der Waals surface area contributed by atoms with Gasteiger partial charge in [0.25, 0.3) is 0 Å². The summed E-state index contributed by atoms with van der Waals surface area (Å²) in [4.78, 5) is 40.0. The molecule has 1 heterocycles. The predicted molar refractivity (Wildman–Crippen MR) is 200 cm³/mol. The molecule has 0 spiro atoms. The maximum atomic E-state index is 10.8. The van der Waals surface area contributed by atoms with Crippen molar-refractivity contribution in [1.82, 2.24) is 0 Å². The van der Waals surface area contributed by atoms with Gasteiger partial charge in [-0.05, 0) is 18.1 Å². The Morgan fingerprint density at radius 1 is 0.855 bits per heavy atom. The standard InChI is InChI=1S/C7H11O4.C5H8O4.C5H11O2.C3H6IO.C3H7O2.C3H5O.C2H4I.Al.HI.Li.Na.H2O.6Rf.5H/c1-4-5-6(11-10-3)7(8)9-2;1-8-4(6)3-5(7)9-2;1-2-5(3-6)4-7;1-3(4)2-5;1-3(5)2-4;1-3-2-4-3;1-2-3;;;;;;;;;;;;;;;;/h5H,1,4H2,2-3H3;3H2,1-2H3;5-7H,1-4H2;3,5H,1-2H2;3-5H,1-2H2;3H,1-2H2;1-2H2;;1H;;;1H2;;;;;;;;;;;/q-1;;5*-1;;;2*+1;;;;;;;;;;;2*-1/b6-5-;;;;;;;;;;;;;;;;;;;;;;. The average molecular weight is 2680 g/mol. The van der Waals surface area contributed by atoms with Crippen molar-refractivity contribution in [3.05, 3.63) is 53.4 Å². The van der Waals surface area contributed by atoms with E-state index < -0.39 is 24.0 Å². The van der Waals surface area contributed by atoms with Gasteiger partial charge < -0.3 is 123 Å².